The summed E-state index contributed by atoms with van der Waals surface area (Å²) in [6.07, 6.45) is -2.13. The molecule has 0 radical (unpaired) electrons. The van der Waals surface area contributed by atoms with Gasteiger partial charge in [-0.1, -0.05) is 36.4 Å². The third-order valence-electron chi connectivity index (χ3n) is 7.39. The molecule has 0 N–H and O–H groups in total. The average molecular weight is 498 g/mol. The smallest absolute Gasteiger partial charge is 0.369 e. The molecule has 3 heterocycles. The highest BCUT2D eigenvalue weighted by molar-refractivity contribution is 5.92. The third-order valence-corrected chi connectivity index (χ3v) is 7.39. The van der Waals surface area contributed by atoms with E-state index in [0.29, 0.717) is 11.2 Å². The van der Waals surface area contributed by atoms with Crippen molar-refractivity contribution in [2.24, 2.45) is 0 Å². The average Bonchev–Trinajstić information content (AvgIpc) is 2.91. The van der Waals surface area contributed by atoms with Crippen molar-refractivity contribution in [2.45, 2.75) is 19.0 Å². The van der Waals surface area contributed by atoms with Crippen LogP contribution in [-0.2, 0) is 6.18 Å². The van der Waals surface area contributed by atoms with Crippen LogP contribution < -0.4 is 9.80 Å². The molecule has 0 unspecified atom stereocenters. The summed E-state index contributed by atoms with van der Waals surface area (Å²) in [5.74, 6) is 0. The molecule has 0 atom stereocenters. The SMILES string of the molecule is FC(F)(F)c1cc(N2CCN(CCCCN3CCN(c4ccccc4)CC3)CC2)c2ccccc2n1. The van der Waals surface area contributed by atoms with Gasteiger partial charge in [0.05, 0.1) is 5.52 Å². The molecule has 2 aliphatic rings. The number of hydrogen-bond acceptors (Lipinski definition) is 5. The Kier molecular flexibility index (Phi) is 7.62. The van der Waals surface area contributed by atoms with Gasteiger partial charge in [-0.15, -0.1) is 0 Å². The van der Waals surface area contributed by atoms with Crippen LogP contribution in [-0.4, -0.2) is 80.2 Å². The number of piperazine rings is 2. The second-order valence-electron chi connectivity index (χ2n) is 9.74. The zero-order chi connectivity index (χ0) is 25.0. The van der Waals surface area contributed by atoms with Gasteiger partial charge >= 0.3 is 6.18 Å². The predicted octanol–water partition coefficient (Wildman–Crippen LogP) is 4.98. The molecule has 2 aliphatic heterocycles. The lowest BCUT2D eigenvalue weighted by molar-refractivity contribution is -0.140. The number of alkyl halides is 3. The Morgan fingerprint density at radius 3 is 1.83 bits per heavy atom. The van der Waals surface area contributed by atoms with Crippen molar-refractivity contribution < 1.29 is 13.2 Å². The van der Waals surface area contributed by atoms with Crippen LogP contribution in [0.5, 0.6) is 0 Å². The Morgan fingerprint density at radius 2 is 1.22 bits per heavy atom. The molecule has 3 aromatic rings. The Hall–Kier alpha value is -2.84. The highest BCUT2D eigenvalue weighted by Gasteiger charge is 2.34. The molecule has 1 aromatic heterocycles. The first kappa shape index (κ1) is 24.8. The van der Waals surface area contributed by atoms with Gasteiger partial charge < -0.3 is 9.80 Å². The van der Waals surface area contributed by atoms with Crippen molar-refractivity contribution >= 4 is 22.3 Å². The number of halogens is 3. The number of fused-ring (bicyclic) bond motifs is 1. The topological polar surface area (TPSA) is 25.9 Å². The van der Waals surface area contributed by atoms with Crippen LogP contribution in [0.1, 0.15) is 18.5 Å². The van der Waals surface area contributed by atoms with E-state index < -0.39 is 11.9 Å². The fourth-order valence-electron chi connectivity index (χ4n) is 5.32. The number of pyridine rings is 1. The Labute approximate surface area is 211 Å². The Morgan fingerprint density at radius 1 is 0.667 bits per heavy atom. The van der Waals surface area contributed by atoms with Gasteiger partial charge in [0.15, 0.2) is 0 Å². The van der Waals surface area contributed by atoms with Crippen LogP contribution in [0.3, 0.4) is 0 Å². The zero-order valence-electron chi connectivity index (χ0n) is 20.6. The highest BCUT2D eigenvalue weighted by Crippen LogP contribution is 2.35. The van der Waals surface area contributed by atoms with Crippen LogP contribution >= 0.6 is 0 Å². The maximum Gasteiger partial charge on any atom is 0.433 e. The number of para-hydroxylation sites is 2. The van der Waals surface area contributed by atoms with Gasteiger partial charge in [0.2, 0.25) is 0 Å². The van der Waals surface area contributed by atoms with Crippen molar-refractivity contribution in [1.82, 2.24) is 14.8 Å². The van der Waals surface area contributed by atoms with E-state index in [-0.39, 0.29) is 0 Å². The second kappa shape index (κ2) is 11.0. The first-order valence-corrected chi connectivity index (χ1v) is 12.9. The molecule has 0 bridgehead atoms. The molecule has 5 rings (SSSR count). The number of unbranched alkanes of at least 4 members (excludes halogenated alkanes) is 1. The fraction of sp³-hybridized carbons (Fsp3) is 0.464. The number of benzene rings is 2. The van der Waals surface area contributed by atoms with E-state index in [1.807, 2.05) is 12.1 Å². The number of rotatable bonds is 7. The van der Waals surface area contributed by atoms with E-state index in [4.69, 9.17) is 0 Å². The summed E-state index contributed by atoms with van der Waals surface area (Å²) in [7, 11) is 0. The summed E-state index contributed by atoms with van der Waals surface area (Å²) in [6.45, 7) is 9.73. The van der Waals surface area contributed by atoms with E-state index in [1.54, 1.807) is 12.1 Å². The number of anilines is 2. The predicted molar refractivity (Wildman–Crippen MR) is 140 cm³/mol. The zero-order valence-corrected chi connectivity index (χ0v) is 20.6. The second-order valence-corrected chi connectivity index (χ2v) is 9.74. The minimum Gasteiger partial charge on any atom is -0.369 e. The van der Waals surface area contributed by atoms with Gasteiger partial charge in [0, 0.05) is 69.1 Å². The Bertz CT molecular complexity index is 1120. The molecule has 2 saturated heterocycles. The van der Waals surface area contributed by atoms with Crippen LogP contribution in [0.4, 0.5) is 24.5 Å². The molecular weight excluding hydrogens is 463 g/mol. The van der Waals surface area contributed by atoms with Gasteiger partial charge in [-0.2, -0.15) is 13.2 Å². The summed E-state index contributed by atoms with van der Waals surface area (Å²) in [4.78, 5) is 13.4. The molecule has 36 heavy (non-hydrogen) atoms. The van der Waals surface area contributed by atoms with E-state index in [2.05, 4.69) is 54.9 Å². The summed E-state index contributed by atoms with van der Waals surface area (Å²) >= 11 is 0. The lowest BCUT2D eigenvalue weighted by Gasteiger charge is -2.37. The van der Waals surface area contributed by atoms with E-state index in [0.717, 1.165) is 77.3 Å². The molecule has 192 valence electrons. The van der Waals surface area contributed by atoms with Gasteiger partial charge in [0.25, 0.3) is 0 Å². The fourth-order valence-corrected chi connectivity index (χ4v) is 5.32. The normalized spacial score (nSPS) is 18.2. The van der Waals surface area contributed by atoms with Crippen molar-refractivity contribution in [2.75, 3.05) is 75.2 Å². The van der Waals surface area contributed by atoms with Crippen molar-refractivity contribution in [3.05, 3.63) is 66.4 Å². The summed E-state index contributed by atoms with van der Waals surface area (Å²) < 4.78 is 40.3. The van der Waals surface area contributed by atoms with Crippen LogP contribution in [0.2, 0.25) is 0 Å². The van der Waals surface area contributed by atoms with Crippen LogP contribution in [0.15, 0.2) is 60.7 Å². The first-order chi connectivity index (χ1) is 17.5. The van der Waals surface area contributed by atoms with Crippen molar-refractivity contribution in [3.63, 3.8) is 0 Å². The molecule has 8 heteroatoms. The van der Waals surface area contributed by atoms with Gasteiger partial charge in [0.1, 0.15) is 5.69 Å². The summed E-state index contributed by atoms with van der Waals surface area (Å²) in [5, 5.41) is 0.784. The molecule has 0 saturated carbocycles. The minimum absolute atomic E-state index is 0.398. The lowest BCUT2D eigenvalue weighted by atomic mass is 10.1. The maximum atomic E-state index is 13.4. The first-order valence-electron chi connectivity index (χ1n) is 12.9. The monoisotopic (exact) mass is 497 g/mol. The number of nitrogens with zero attached hydrogens (tertiary/aromatic N) is 5. The molecule has 0 aliphatic carbocycles. The quantitative estimate of drug-likeness (QED) is 0.429. The van der Waals surface area contributed by atoms with E-state index >= 15 is 0 Å². The van der Waals surface area contributed by atoms with Crippen molar-refractivity contribution in [3.8, 4) is 0 Å². The highest BCUT2D eigenvalue weighted by atomic mass is 19.4. The lowest BCUT2D eigenvalue weighted by Crippen LogP contribution is -2.47. The molecule has 0 amide bonds. The number of aromatic nitrogens is 1. The minimum atomic E-state index is -4.45. The van der Waals surface area contributed by atoms with Gasteiger partial charge in [-0.3, -0.25) is 9.80 Å². The van der Waals surface area contributed by atoms with Crippen LogP contribution in [0, 0.1) is 0 Å². The summed E-state index contributed by atoms with van der Waals surface area (Å²) in [6, 6.07) is 19.0. The third kappa shape index (κ3) is 5.93. The maximum absolute atomic E-state index is 13.4. The molecule has 2 aromatic carbocycles. The Balaban J connectivity index is 1.07. The van der Waals surface area contributed by atoms with Gasteiger partial charge in [-0.05, 0) is 50.2 Å². The van der Waals surface area contributed by atoms with E-state index in [9.17, 15) is 13.2 Å². The van der Waals surface area contributed by atoms with Crippen molar-refractivity contribution in [1.29, 1.82) is 0 Å². The molecule has 2 fully saturated rings. The largest absolute Gasteiger partial charge is 0.433 e. The number of hydrogen-bond donors (Lipinski definition) is 0. The molecule has 0 spiro atoms. The molecular formula is C28H34F3N5. The molecule has 5 nitrogen and oxygen atoms in total. The summed E-state index contributed by atoms with van der Waals surface area (Å²) in [5.41, 5.74) is 1.53. The van der Waals surface area contributed by atoms with E-state index in [1.165, 1.54) is 18.2 Å². The van der Waals surface area contributed by atoms with Gasteiger partial charge in [-0.25, -0.2) is 4.98 Å². The standard InChI is InChI=1S/C28H34F3N5/c29-28(30,31)27-22-26(24-10-4-5-11-25(24)32-27)36-20-16-34(17-21-36)13-7-6-12-33-14-18-35(19-15-33)23-8-2-1-3-9-23/h1-5,8-11,22H,6-7,12-21H2. The van der Waals surface area contributed by atoms with Crippen LogP contribution in [0.25, 0.3) is 10.9 Å².